The smallest absolute Gasteiger partial charge is 0.328 e. The van der Waals surface area contributed by atoms with Crippen LogP contribution in [0.3, 0.4) is 0 Å². The molecule has 2 unspecified atom stereocenters. The lowest BCUT2D eigenvalue weighted by Crippen LogP contribution is -2.50. The van der Waals surface area contributed by atoms with Crippen LogP contribution in [0.25, 0.3) is 11.1 Å². The molecule has 1 aliphatic heterocycles. The lowest BCUT2D eigenvalue weighted by Gasteiger charge is -2.19. The highest BCUT2D eigenvalue weighted by Crippen LogP contribution is 2.31. The maximum Gasteiger partial charge on any atom is 0.328 e. The number of anilines is 1. The van der Waals surface area contributed by atoms with E-state index in [1.165, 1.54) is 12.1 Å². The van der Waals surface area contributed by atoms with Crippen LogP contribution in [0.2, 0.25) is 10.0 Å². The average Bonchev–Trinajstić information content (AvgIpc) is 2.99. The van der Waals surface area contributed by atoms with Crippen molar-refractivity contribution in [2.75, 3.05) is 31.5 Å². The molecule has 6 N–H and O–H groups in total. The van der Waals surface area contributed by atoms with Gasteiger partial charge in [0.1, 0.15) is 12.2 Å². The fourth-order valence-corrected chi connectivity index (χ4v) is 4.69. The third kappa shape index (κ3) is 8.66. The largest absolute Gasteiger partial charge is 0.480 e. The minimum Gasteiger partial charge on any atom is -0.480 e. The quantitative estimate of drug-likeness (QED) is 0.201. The third-order valence-corrected chi connectivity index (χ3v) is 6.81. The Kier molecular flexibility index (Phi) is 10.5. The van der Waals surface area contributed by atoms with Crippen LogP contribution in [0.15, 0.2) is 71.7 Å². The summed E-state index contributed by atoms with van der Waals surface area (Å²) in [6.45, 7) is -0.778. The molecule has 0 aromatic heterocycles. The highest BCUT2D eigenvalue weighted by molar-refractivity contribution is 6.40. The second-order valence-corrected chi connectivity index (χ2v) is 10.2. The van der Waals surface area contributed by atoms with Crippen LogP contribution in [0.1, 0.15) is 20.7 Å². The number of nitrogens with zero attached hydrogens (tertiary/aromatic N) is 1. The number of halogens is 3. The second-order valence-electron chi connectivity index (χ2n) is 9.41. The standard InChI is InChI=1S/C29H27Cl2FN6O5/c30-21-10-18(16-5-2-1-3-6-16)11-22(31)25(21)27(41)38-23(28(42)43)14-33-24(39)15-34-26(40)17-7-4-8-20(9-17)37-29-35-12-19(32)13-36-29/h1-11,19,23H,12-15H2,(H,33,39)(H,34,40)(H,38,41)(H,42,43)(H2,35,36,37). The van der Waals surface area contributed by atoms with Crippen LogP contribution in [-0.2, 0) is 9.59 Å². The van der Waals surface area contributed by atoms with Crippen LogP contribution in [0, 0.1) is 0 Å². The van der Waals surface area contributed by atoms with Crippen LogP contribution >= 0.6 is 23.2 Å². The van der Waals surface area contributed by atoms with E-state index in [0.29, 0.717) is 17.2 Å². The number of carboxylic acid groups (broad SMARTS) is 1. The van der Waals surface area contributed by atoms with Gasteiger partial charge in [-0.15, -0.1) is 0 Å². The molecule has 3 aromatic carbocycles. The molecule has 3 amide bonds. The zero-order valence-corrected chi connectivity index (χ0v) is 24.0. The molecule has 43 heavy (non-hydrogen) atoms. The van der Waals surface area contributed by atoms with Gasteiger partial charge in [-0.05, 0) is 41.5 Å². The van der Waals surface area contributed by atoms with Gasteiger partial charge in [-0.1, -0.05) is 59.6 Å². The van der Waals surface area contributed by atoms with Crippen molar-refractivity contribution in [3.8, 4) is 11.1 Å². The zero-order chi connectivity index (χ0) is 30.9. The van der Waals surface area contributed by atoms with Gasteiger partial charge in [-0.3, -0.25) is 14.4 Å². The molecule has 4 rings (SSSR count). The van der Waals surface area contributed by atoms with Gasteiger partial charge in [0.05, 0.1) is 35.2 Å². The van der Waals surface area contributed by atoms with E-state index >= 15 is 0 Å². The first kappa shape index (κ1) is 31.3. The molecule has 0 saturated heterocycles. The molecule has 0 fully saturated rings. The molecule has 0 aliphatic carbocycles. The van der Waals surface area contributed by atoms with Crippen molar-refractivity contribution in [2.45, 2.75) is 12.2 Å². The minimum absolute atomic E-state index is 0.0235. The maximum atomic E-state index is 13.2. The summed E-state index contributed by atoms with van der Waals surface area (Å²) in [6.07, 6.45) is -1.06. The number of guanidine groups is 1. The van der Waals surface area contributed by atoms with Crippen LogP contribution in [0.4, 0.5) is 10.1 Å². The number of rotatable bonds is 10. The Balaban J connectivity index is 1.29. The summed E-state index contributed by atoms with van der Waals surface area (Å²) in [6, 6.07) is 17.2. The summed E-state index contributed by atoms with van der Waals surface area (Å²) < 4.78 is 13.2. The highest BCUT2D eigenvalue weighted by atomic mass is 35.5. The first-order chi connectivity index (χ1) is 20.6. The van der Waals surface area contributed by atoms with Crippen molar-refractivity contribution in [1.29, 1.82) is 0 Å². The first-order valence-electron chi connectivity index (χ1n) is 13.0. The summed E-state index contributed by atoms with van der Waals surface area (Å²) in [7, 11) is 0. The van der Waals surface area contributed by atoms with Gasteiger partial charge in [0.2, 0.25) is 5.91 Å². The fraction of sp³-hybridized carbons (Fsp3) is 0.207. The fourth-order valence-electron chi connectivity index (χ4n) is 4.04. The Morgan fingerprint density at radius 2 is 1.67 bits per heavy atom. The number of amides is 3. The van der Waals surface area contributed by atoms with Gasteiger partial charge in [-0.25, -0.2) is 14.2 Å². The van der Waals surface area contributed by atoms with Gasteiger partial charge in [0, 0.05) is 17.8 Å². The normalized spacial score (nSPS) is 14.9. The maximum absolute atomic E-state index is 13.2. The van der Waals surface area contributed by atoms with Crippen molar-refractivity contribution in [1.82, 2.24) is 21.3 Å². The second kappa shape index (κ2) is 14.5. The lowest BCUT2D eigenvalue weighted by atomic mass is 10.0. The number of aliphatic carboxylic acids is 1. The number of aliphatic imine (C=N–C) groups is 1. The predicted molar refractivity (Wildman–Crippen MR) is 161 cm³/mol. The Morgan fingerprint density at radius 1 is 0.953 bits per heavy atom. The van der Waals surface area contributed by atoms with Gasteiger partial charge in [-0.2, -0.15) is 0 Å². The molecule has 11 nitrogen and oxygen atoms in total. The molecule has 0 bridgehead atoms. The minimum atomic E-state index is -1.51. The highest BCUT2D eigenvalue weighted by Gasteiger charge is 2.25. The zero-order valence-electron chi connectivity index (χ0n) is 22.5. The molecule has 224 valence electrons. The van der Waals surface area contributed by atoms with E-state index in [-0.39, 0.29) is 34.3 Å². The number of benzene rings is 3. The van der Waals surface area contributed by atoms with Gasteiger partial charge in [0.15, 0.2) is 5.96 Å². The Bertz CT molecular complexity index is 1530. The Hall–Kier alpha value is -4.68. The summed E-state index contributed by atoms with van der Waals surface area (Å²) in [5.41, 5.74) is 2.15. The van der Waals surface area contributed by atoms with Gasteiger partial charge in [0.25, 0.3) is 11.8 Å². The molecule has 0 radical (unpaired) electrons. The predicted octanol–water partition coefficient (Wildman–Crippen LogP) is 3.10. The number of carbonyl (C=O) groups is 4. The van der Waals surface area contributed by atoms with Crippen molar-refractivity contribution in [3.05, 3.63) is 87.9 Å². The van der Waals surface area contributed by atoms with E-state index in [1.54, 1.807) is 24.3 Å². The molecular weight excluding hydrogens is 602 g/mol. The van der Waals surface area contributed by atoms with Gasteiger partial charge >= 0.3 is 5.97 Å². The van der Waals surface area contributed by atoms with E-state index in [4.69, 9.17) is 23.2 Å². The summed E-state index contributed by atoms with van der Waals surface area (Å²) in [4.78, 5) is 53.6. The van der Waals surface area contributed by atoms with Crippen molar-refractivity contribution >= 4 is 58.5 Å². The molecule has 1 aliphatic rings. The molecule has 1 heterocycles. The Morgan fingerprint density at radius 3 is 2.33 bits per heavy atom. The third-order valence-electron chi connectivity index (χ3n) is 6.22. The molecular formula is C29H27Cl2FN6O5. The summed E-state index contributed by atoms with van der Waals surface area (Å²) in [5.74, 6) is -3.12. The van der Waals surface area contributed by atoms with Crippen LogP contribution < -0.4 is 26.6 Å². The van der Waals surface area contributed by atoms with E-state index < -0.39 is 49.0 Å². The van der Waals surface area contributed by atoms with Gasteiger partial charge < -0.3 is 31.7 Å². The number of carbonyl (C=O) groups excluding carboxylic acids is 3. The number of hydrogen-bond donors (Lipinski definition) is 6. The van der Waals surface area contributed by atoms with E-state index in [2.05, 4.69) is 31.6 Å². The Labute approximate surface area is 255 Å². The van der Waals surface area contributed by atoms with E-state index in [1.807, 2.05) is 30.3 Å². The lowest BCUT2D eigenvalue weighted by molar-refractivity contribution is -0.139. The molecule has 14 heteroatoms. The van der Waals surface area contributed by atoms with Crippen LogP contribution in [-0.4, -0.2) is 73.1 Å². The SMILES string of the molecule is O=C(CNC(=O)c1cccc(NC2=NCC(F)CN2)c1)NCC(NC(=O)c1c(Cl)cc(-c2ccccc2)cc1Cl)C(=O)O. The monoisotopic (exact) mass is 628 g/mol. The van der Waals surface area contributed by atoms with Crippen LogP contribution in [0.5, 0.6) is 0 Å². The number of nitrogens with one attached hydrogen (secondary N) is 5. The van der Waals surface area contributed by atoms with E-state index in [0.717, 1.165) is 5.56 Å². The van der Waals surface area contributed by atoms with Crippen molar-refractivity contribution in [3.63, 3.8) is 0 Å². The first-order valence-corrected chi connectivity index (χ1v) is 13.8. The number of alkyl halides is 1. The van der Waals surface area contributed by atoms with E-state index in [9.17, 15) is 28.7 Å². The number of carboxylic acids is 1. The topological polar surface area (TPSA) is 161 Å². The molecule has 0 saturated carbocycles. The van der Waals surface area contributed by atoms with Crippen molar-refractivity contribution in [2.24, 2.45) is 4.99 Å². The number of hydrogen-bond acceptors (Lipinski definition) is 7. The summed E-state index contributed by atoms with van der Waals surface area (Å²) >= 11 is 12.7. The molecule has 3 aromatic rings. The molecule has 0 spiro atoms. The average molecular weight is 629 g/mol. The summed E-state index contributed by atoms with van der Waals surface area (Å²) in [5, 5.41) is 22.5. The van der Waals surface area contributed by atoms with Crippen molar-refractivity contribution < 1.29 is 28.7 Å². The molecule has 2 atom stereocenters.